The van der Waals surface area contributed by atoms with Crippen LogP contribution in [0.25, 0.3) is 32.2 Å². The molecule has 0 radical (unpaired) electrons. The maximum Gasteiger partial charge on any atom is 0.263 e. The summed E-state index contributed by atoms with van der Waals surface area (Å²) < 4.78 is 2.40. The summed E-state index contributed by atoms with van der Waals surface area (Å²) in [5, 5.41) is 1.44. The standard InChI is InChI=1S/C24H18BrN3O2S/c1-2-20-21(14-7-9-15(25)10-8-14)22-23(31-20)27-13-28(24(22)30)12-19(29)17-11-26-18-6-4-3-5-16(17)18/h3-11,13,26H,2,12H2,1H3. The number of carbonyl (C=O) groups excluding carboxylic acids is 1. The number of halogens is 1. The Labute approximate surface area is 190 Å². The van der Waals surface area contributed by atoms with E-state index in [0.717, 1.165) is 37.8 Å². The fourth-order valence-corrected chi connectivity index (χ4v) is 5.25. The molecule has 0 aliphatic heterocycles. The van der Waals surface area contributed by atoms with E-state index in [4.69, 9.17) is 0 Å². The molecule has 3 aromatic heterocycles. The predicted molar refractivity (Wildman–Crippen MR) is 129 cm³/mol. The van der Waals surface area contributed by atoms with Crippen LogP contribution in [0.2, 0.25) is 0 Å². The minimum atomic E-state index is -0.188. The Kier molecular flexibility index (Phi) is 5.08. The van der Waals surface area contributed by atoms with Gasteiger partial charge in [0.1, 0.15) is 4.83 Å². The van der Waals surface area contributed by atoms with Gasteiger partial charge in [-0.15, -0.1) is 11.3 Å². The average molecular weight is 492 g/mol. The zero-order valence-corrected chi connectivity index (χ0v) is 19.1. The van der Waals surface area contributed by atoms with Crippen molar-refractivity contribution in [2.45, 2.75) is 19.9 Å². The molecule has 0 unspecified atom stereocenters. The van der Waals surface area contributed by atoms with E-state index in [1.807, 2.05) is 48.5 Å². The summed E-state index contributed by atoms with van der Waals surface area (Å²) in [6, 6.07) is 15.6. The summed E-state index contributed by atoms with van der Waals surface area (Å²) in [7, 11) is 0. The number of nitrogens with one attached hydrogen (secondary N) is 1. The number of aromatic nitrogens is 3. The maximum atomic E-state index is 13.4. The zero-order valence-electron chi connectivity index (χ0n) is 16.7. The van der Waals surface area contributed by atoms with Crippen molar-refractivity contribution in [3.05, 3.63) is 86.3 Å². The van der Waals surface area contributed by atoms with Crippen molar-refractivity contribution in [3.63, 3.8) is 0 Å². The van der Waals surface area contributed by atoms with E-state index in [2.05, 4.69) is 32.8 Å². The van der Waals surface area contributed by atoms with Crippen LogP contribution in [0.1, 0.15) is 22.2 Å². The number of Topliss-reactive ketones (excluding diaryl/α,β-unsaturated/α-hetero) is 1. The third-order valence-electron chi connectivity index (χ3n) is 5.41. The number of fused-ring (bicyclic) bond motifs is 2. The Bertz CT molecular complexity index is 1500. The highest BCUT2D eigenvalue weighted by molar-refractivity contribution is 9.10. The molecule has 0 fully saturated rings. The zero-order chi connectivity index (χ0) is 21.5. The average Bonchev–Trinajstić information content (AvgIpc) is 3.38. The number of thiophene rings is 1. The predicted octanol–water partition coefficient (Wildman–Crippen LogP) is 5.81. The van der Waals surface area contributed by atoms with Gasteiger partial charge in [0.05, 0.1) is 18.3 Å². The molecule has 0 aliphatic rings. The first-order chi connectivity index (χ1) is 15.1. The van der Waals surface area contributed by atoms with Crippen molar-refractivity contribution < 1.29 is 4.79 Å². The van der Waals surface area contributed by atoms with Crippen LogP contribution >= 0.6 is 27.3 Å². The van der Waals surface area contributed by atoms with Gasteiger partial charge >= 0.3 is 0 Å². The first-order valence-corrected chi connectivity index (χ1v) is 11.5. The Morgan fingerprint density at radius 3 is 2.71 bits per heavy atom. The van der Waals surface area contributed by atoms with Crippen LogP contribution in [0.3, 0.4) is 0 Å². The Balaban J connectivity index is 1.61. The molecule has 0 saturated carbocycles. The normalized spacial score (nSPS) is 11.4. The van der Waals surface area contributed by atoms with Crippen molar-refractivity contribution >= 4 is 54.2 Å². The molecule has 154 valence electrons. The van der Waals surface area contributed by atoms with Gasteiger partial charge in [-0.1, -0.05) is 53.2 Å². The van der Waals surface area contributed by atoms with Crippen molar-refractivity contribution in [1.82, 2.24) is 14.5 Å². The lowest BCUT2D eigenvalue weighted by atomic mass is 10.0. The number of rotatable bonds is 5. The third-order valence-corrected chi connectivity index (χ3v) is 7.18. The second-order valence-corrected chi connectivity index (χ2v) is 9.29. The molecule has 0 saturated heterocycles. The molecule has 3 heterocycles. The van der Waals surface area contributed by atoms with Crippen LogP contribution in [0, 0.1) is 0 Å². The number of aryl methyl sites for hydroxylation is 1. The molecule has 5 nitrogen and oxygen atoms in total. The summed E-state index contributed by atoms with van der Waals surface area (Å²) in [5.74, 6) is -0.128. The highest BCUT2D eigenvalue weighted by atomic mass is 79.9. The fourth-order valence-electron chi connectivity index (χ4n) is 3.90. The monoisotopic (exact) mass is 491 g/mol. The van der Waals surface area contributed by atoms with E-state index >= 15 is 0 Å². The van der Waals surface area contributed by atoms with Crippen LogP contribution in [0.4, 0.5) is 0 Å². The van der Waals surface area contributed by atoms with Gasteiger partial charge < -0.3 is 4.98 Å². The van der Waals surface area contributed by atoms with Gasteiger partial charge in [-0.2, -0.15) is 0 Å². The van der Waals surface area contributed by atoms with Gasteiger partial charge in [0.15, 0.2) is 5.78 Å². The first-order valence-electron chi connectivity index (χ1n) is 9.93. The summed E-state index contributed by atoms with van der Waals surface area (Å²) in [5.41, 5.74) is 3.18. The van der Waals surface area contributed by atoms with Gasteiger partial charge in [0.2, 0.25) is 0 Å². The highest BCUT2D eigenvalue weighted by Gasteiger charge is 2.20. The highest BCUT2D eigenvalue weighted by Crippen LogP contribution is 2.36. The number of carbonyl (C=O) groups is 1. The lowest BCUT2D eigenvalue weighted by Gasteiger charge is -2.07. The Morgan fingerprint density at radius 2 is 1.94 bits per heavy atom. The van der Waals surface area contributed by atoms with E-state index < -0.39 is 0 Å². The number of H-pyrrole nitrogens is 1. The minimum Gasteiger partial charge on any atom is -0.360 e. The molecule has 0 amide bonds. The van der Waals surface area contributed by atoms with Gasteiger partial charge in [0.25, 0.3) is 5.56 Å². The molecule has 31 heavy (non-hydrogen) atoms. The number of para-hydroxylation sites is 1. The molecule has 7 heteroatoms. The molecule has 5 rings (SSSR count). The van der Waals surface area contributed by atoms with Crippen LogP contribution in [0.15, 0.2) is 70.3 Å². The molecule has 0 atom stereocenters. The topological polar surface area (TPSA) is 67.8 Å². The van der Waals surface area contributed by atoms with Crippen LogP contribution in [-0.2, 0) is 13.0 Å². The van der Waals surface area contributed by atoms with Crippen LogP contribution in [-0.4, -0.2) is 20.3 Å². The molecule has 2 aromatic carbocycles. The number of nitrogens with zero attached hydrogens (tertiary/aromatic N) is 2. The molecule has 0 spiro atoms. The summed E-state index contributed by atoms with van der Waals surface area (Å²) in [4.78, 5) is 35.9. The van der Waals surface area contributed by atoms with Crippen LogP contribution < -0.4 is 5.56 Å². The number of ketones is 1. The summed E-state index contributed by atoms with van der Waals surface area (Å²) >= 11 is 5.01. The van der Waals surface area contributed by atoms with E-state index in [9.17, 15) is 9.59 Å². The van der Waals surface area contributed by atoms with E-state index in [1.165, 1.54) is 22.2 Å². The van der Waals surface area contributed by atoms with Crippen molar-refractivity contribution in [1.29, 1.82) is 0 Å². The SMILES string of the molecule is CCc1sc2ncn(CC(=O)c3c[nH]c4ccccc34)c(=O)c2c1-c1ccc(Br)cc1. The van der Waals surface area contributed by atoms with E-state index in [1.54, 1.807) is 6.20 Å². The minimum absolute atomic E-state index is 0.0549. The Hall–Kier alpha value is -3.03. The number of benzene rings is 2. The lowest BCUT2D eigenvalue weighted by molar-refractivity contribution is 0.0972. The number of hydrogen-bond acceptors (Lipinski definition) is 4. The second kappa shape index (κ2) is 7.90. The summed E-state index contributed by atoms with van der Waals surface area (Å²) in [6.45, 7) is 2.02. The molecule has 1 N–H and O–H groups in total. The van der Waals surface area contributed by atoms with Crippen molar-refractivity contribution in [2.24, 2.45) is 0 Å². The molecular formula is C24H18BrN3O2S. The van der Waals surface area contributed by atoms with Gasteiger partial charge in [-0.05, 0) is 30.2 Å². The summed E-state index contributed by atoms with van der Waals surface area (Å²) in [6.07, 6.45) is 4.00. The fraction of sp³-hybridized carbons (Fsp3) is 0.125. The van der Waals surface area contributed by atoms with Gasteiger partial charge in [-0.3, -0.25) is 14.2 Å². The Morgan fingerprint density at radius 1 is 1.16 bits per heavy atom. The van der Waals surface area contributed by atoms with E-state index in [0.29, 0.717) is 15.8 Å². The van der Waals surface area contributed by atoms with Crippen molar-refractivity contribution in [2.75, 3.05) is 0 Å². The van der Waals surface area contributed by atoms with Gasteiger partial charge in [-0.25, -0.2) is 4.98 Å². The third kappa shape index (κ3) is 3.43. The quantitative estimate of drug-likeness (QED) is 0.315. The molecule has 0 bridgehead atoms. The first kappa shape index (κ1) is 19.9. The number of hydrogen-bond donors (Lipinski definition) is 1. The van der Waals surface area contributed by atoms with Crippen LogP contribution in [0.5, 0.6) is 0 Å². The lowest BCUT2D eigenvalue weighted by Crippen LogP contribution is -2.24. The smallest absolute Gasteiger partial charge is 0.263 e. The van der Waals surface area contributed by atoms with Crippen molar-refractivity contribution in [3.8, 4) is 11.1 Å². The van der Waals surface area contributed by atoms with Gasteiger partial charge in [0, 0.05) is 37.6 Å². The number of aromatic amines is 1. The molecular weight excluding hydrogens is 474 g/mol. The molecule has 0 aliphatic carbocycles. The molecule has 5 aromatic rings. The van der Waals surface area contributed by atoms with E-state index in [-0.39, 0.29) is 17.9 Å². The largest absolute Gasteiger partial charge is 0.360 e. The maximum absolute atomic E-state index is 13.4. The second-order valence-electron chi connectivity index (χ2n) is 7.29.